The number of aliphatic hydroxyl groups is 1. The number of rotatable bonds is 83. The van der Waals surface area contributed by atoms with Gasteiger partial charge in [-0.3, -0.25) is 37.3 Å². The summed E-state index contributed by atoms with van der Waals surface area (Å²) in [5.41, 5.74) is 0. The van der Waals surface area contributed by atoms with Crippen molar-refractivity contribution in [3.05, 3.63) is 0 Å². The van der Waals surface area contributed by atoms with Gasteiger partial charge in [0.25, 0.3) is 0 Å². The molecule has 0 fully saturated rings. The molecule has 0 saturated heterocycles. The minimum Gasteiger partial charge on any atom is -0.462 e. The van der Waals surface area contributed by atoms with Gasteiger partial charge in [0.05, 0.1) is 26.4 Å². The quantitative estimate of drug-likeness (QED) is 0.0222. The summed E-state index contributed by atoms with van der Waals surface area (Å²) >= 11 is 0. The van der Waals surface area contributed by atoms with Crippen molar-refractivity contribution in [2.45, 2.75) is 464 Å². The molecule has 0 aromatic rings. The fraction of sp³-hybridized carbons (Fsp3) is 0.952. The SMILES string of the molecule is CCCCCCCCCCCCCCCCCCCCCCC(=O)O[C@H](COC(=O)CCCCCCCCCCCCCCCCCCCC)COP(=O)(O)OC[C@@H](O)COP(=O)(O)OC[C@@H](COC(=O)CCCCCCCCCC)OC(=O)CCCCCCCCCCCCCCCC(C)C. The summed E-state index contributed by atoms with van der Waals surface area (Å²) in [6, 6.07) is 0. The van der Waals surface area contributed by atoms with E-state index in [1.54, 1.807) is 0 Å². The number of phosphoric ester groups is 2. The second-order valence-corrected chi connectivity index (χ2v) is 33.3. The zero-order valence-electron chi connectivity index (χ0n) is 66.8. The minimum atomic E-state index is -4.96. The van der Waals surface area contributed by atoms with Gasteiger partial charge in [0, 0.05) is 25.7 Å². The molecule has 0 aromatic carbocycles. The van der Waals surface area contributed by atoms with Crippen LogP contribution in [0.2, 0.25) is 0 Å². The van der Waals surface area contributed by atoms with E-state index in [2.05, 4.69) is 34.6 Å². The lowest BCUT2D eigenvalue weighted by Gasteiger charge is -2.21. The Morgan fingerprint density at radius 3 is 0.667 bits per heavy atom. The average Bonchev–Trinajstić information content (AvgIpc) is 0.917. The highest BCUT2D eigenvalue weighted by atomic mass is 31.2. The Balaban J connectivity index is 5.19. The van der Waals surface area contributed by atoms with Gasteiger partial charge in [-0.05, 0) is 31.6 Å². The molecule has 0 saturated carbocycles. The number of aliphatic hydroxyl groups excluding tert-OH is 1. The van der Waals surface area contributed by atoms with Gasteiger partial charge < -0.3 is 33.8 Å². The van der Waals surface area contributed by atoms with Crippen LogP contribution in [0.4, 0.5) is 0 Å². The molecule has 0 bridgehead atoms. The standard InChI is InChI=1S/C83H162O17P2/c1-6-9-12-15-18-21-23-25-27-29-31-32-34-36-40-44-48-53-58-63-68-83(88)100-79(73-94-81(86)67-62-57-52-47-43-39-35-33-30-28-26-24-22-19-16-13-10-7-2)75-98-102(91,92)96-71-77(84)70-95-101(89,90)97-74-78(72-93-80(85)66-61-56-51-20-17-14-11-8-3)99-82(87)69-64-59-54-49-45-41-37-38-42-46-50-55-60-65-76(4)5/h76-79,84H,6-75H2,1-5H3,(H,89,90)(H,91,92)/t77-,78+,79+/m0/s1. The molecular formula is C83H162O17P2. The Bertz CT molecular complexity index is 1940. The third-order valence-corrected chi connectivity index (χ3v) is 21.4. The summed E-state index contributed by atoms with van der Waals surface area (Å²) in [5, 5.41) is 10.6. The fourth-order valence-electron chi connectivity index (χ4n) is 12.9. The van der Waals surface area contributed by atoms with Crippen molar-refractivity contribution in [2.24, 2.45) is 5.92 Å². The van der Waals surface area contributed by atoms with Crippen LogP contribution in [0, 0.1) is 5.92 Å². The Morgan fingerprint density at radius 1 is 0.265 bits per heavy atom. The van der Waals surface area contributed by atoms with E-state index >= 15 is 0 Å². The van der Waals surface area contributed by atoms with E-state index in [-0.39, 0.29) is 25.7 Å². The van der Waals surface area contributed by atoms with Crippen LogP contribution >= 0.6 is 15.6 Å². The minimum absolute atomic E-state index is 0.108. The van der Waals surface area contributed by atoms with Gasteiger partial charge in [-0.15, -0.1) is 0 Å². The topological polar surface area (TPSA) is 237 Å². The van der Waals surface area contributed by atoms with Gasteiger partial charge in [0.2, 0.25) is 0 Å². The van der Waals surface area contributed by atoms with Crippen molar-refractivity contribution in [2.75, 3.05) is 39.6 Å². The lowest BCUT2D eigenvalue weighted by atomic mass is 10.0. The van der Waals surface area contributed by atoms with E-state index < -0.39 is 97.5 Å². The van der Waals surface area contributed by atoms with Gasteiger partial charge in [0.15, 0.2) is 12.2 Å². The lowest BCUT2D eigenvalue weighted by molar-refractivity contribution is -0.161. The summed E-state index contributed by atoms with van der Waals surface area (Å²) < 4.78 is 68.7. The summed E-state index contributed by atoms with van der Waals surface area (Å²) in [7, 11) is -9.92. The van der Waals surface area contributed by atoms with Crippen LogP contribution in [-0.4, -0.2) is 96.7 Å². The Labute approximate surface area is 626 Å². The second kappa shape index (κ2) is 75.9. The van der Waals surface area contributed by atoms with Crippen LogP contribution in [0.1, 0.15) is 446 Å². The molecule has 606 valence electrons. The van der Waals surface area contributed by atoms with E-state index in [4.69, 9.17) is 37.0 Å². The first-order chi connectivity index (χ1) is 49.5. The number of carbonyl (C=O) groups is 4. The van der Waals surface area contributed by atoms with E-state index in [1.165, 1.54) is 263 Å². The summed E-state index contributed by atoms with van der Waals surface area (Å²) in [5.74, 6) is -1.32. The molecule has 3 N–H and O–H groups in total. The molecule has 17 nitrogen and oxygen atoms in total. The van der Waals surface area contributed by atoms with Crippen molar-refractivity contribution in [1.82, 2.24) is 0 Å². The average molecular weight is 1490 g/mol. The highest BCUT2D eigenvalue weighted by Gasteiger charge is 2.30. The molecule has 19 heteroatoms. The van der Waals surface area contributed by atoms with Crippen molar-refractivity contribution in [1.29, 1.82) is 0 Å². The lowest BCUT2D eigenvalue weighted by Crippen LogP contribution is -2.30. The van der Waals surface area contributed by atoms with Gasteiger partial charge in [-0.2, -0.15) is 0 Å². The van der Waals surface area contributed by atoms with Gasteiger partial charge >= 0.3 is 39.5 Å². The van der Waals surface area contributed by atoms with E-state index in [1.807, 2.05) is 0 Å². The molecule has 0 amide bonds. The molecule has 0 aliphatic heterocycles. The van der Waals surface area contributed by atoms with E-state index in [9.17, 15) is 43.2 Å². The first kappa shape index (κ1) is 100. The maximum atomic E-state index is 13.1. The van der Waals surface area contributed by atoms with Crippen molar-refractivity contribution < 1.29 is 80.2 Å². The number of hydrogen-bond donors (Lipinski definition) is 3. The fourth-order valence-corrected chi connectivity index (χ4v) is 14.5. The first-order valence-electron chi connectivity index (χ1n) is 43.1. The monoisotopic (exact) mass is 1490 g/mol. The van der Waals surface area contributed by atoms with Crippen molar-refractivity contribution >= 4 is 39.5 Å². The summed E-state index contributed by atoms with van der Waals surface area (Å²) in [6.07, 6.45) is 68.1. The molecule has 5 atom stereocenters. The summed E-state index contributed by atoms with van der Waals surface area (Å²) in [6.45, 7) is 7.33. The van der Waals surface area contributed by atoms with Gasteiger partial charge in [-0.25, -0.2) is 9.13 Å². The molecule has 102 heavy (non-hydrogen) atoms. The second-order valence-electron chi connectivity index (χ2n) is 30.3. The van der Waals surface area contributed by atoms with Gasteiger partial charge in [-0.1, -0.05) is 394 Å². The van der Waals surface area contributed by atoms with Crippen LogP contribution in [-0.2, 0) is 65.4 Å². The predicted octanol–water partition coefficient (Wildman–Crippen LogP) is 25.2. The number of hydrogen-bond acceptors (Lipinski definition) is 15. The first-order valence-corrected chi connectivity index (χ1v) is 46.1. The molecule has 2 unspecified atom stereocenters. The third kappa shape index (κ3) is 76.3. The predicted molar refractivity (Wildman–Crippen MR) is 418 cm³/mol. The molecule has 0 aliphatic carbocycles. The molecule has 0 spiro atoms. The molecule has 0 aliphatic rings. The number of phosphoric acid groups is 2. The maximum absolute atomic E-state index is 13.1. The summed E-state index contributed by atoms with van der Waals surface area (Å²) in [4.78, 5) is 73.0. The van der Waals surface area contributed by atoms with Crippen molar-refractivity contribution in [3.8, 4) is 0 Å². The molecule has 0 aromatic heterocycles. The zero-order chi connectivity index (χ0) is 74.8. The zero-order valence-corrected chi connectivity index (χ0v) is 68.5. The largest absolute Gasteiger partial charge is 0.472 e. The Hall–Kier alpha value is -1.94. The van der Waals surface area contributed by atoms with Gasteiger partial charge in [0.1, 0.15) is 19.3 Å². The van der Waals surface area contributed by atoms with Crippen LogP contribution < -0.4 is 0 Å². The van der Waals surface area contributed by atoms with Crippen LogP contribution in [0.5, 0.6) is 0 Å². The normalized spacial score (nSPS) is 13.8. The number of carbonyl (C=O) groups excluding carboxylic acids is 4. The third-order valence-electron chi connectivity index (χ3n) is 19.5. The molecular weight excluding hydrogens is 1330 g/mol. The molecule has 0 rings (SSSR count). The highest BCUT2D eigenvalue weighted by molar-refractivity contribution is 7.47. The number of unbranched alkanes of at least 4 members (excludes halogenated alkanes) is 55. The highest BCUT2D eigenvalue weighted by Crippen LogP contribution is 2.45. The van der Waals surface area contributed by atoms with Crippen LogP contribution in [0.15, 0.2) is 0 Å². The molecule has 0 radical (unpaired) electrons. The Kier molecular flexibility index (Phi) is 74.4. The number of ether oxygens (including phenoxy) is 4. The van der Waals surface area contributed by atoms with Crippen molar-refractivity contribution in [3.63, 3.8) is 0 Å². The maximum Gasteiger partial charge on any atom is 0.472 e. The smallest absolute Gasteiger partial charge is 0.462 e. The van der Waals surface area contributed by atoms with E-state index in [0.717, 1.165) is 102 Å². The number of esters is 4. The molecule has 0 heterocycles. The Morgan fingerprint density at radius 2 is 0.451 bits per heavy atom. The van der Waals surface area contributed by atoms with Crippen LogP contribution in [0.3, 0.4) is 0 Å². The van der Waals surface area contributed by atoms with E-state index in [0.29, 0.717) is 25.7 Å². The van der Waals surface area contributed by atoms with Crippen LogP contribution in [0.25, 0.3) is 0 Å².